The van der Waals surface area contributed by atoms with E-state index in [2.05, 4.69) is 9.97 Å². The van der Waals surface area contributed by atoms with E-state index >= 15 is 0 Å². The summed E-state index contributed by atoms with van der Waals surface area (Å²) < 4.78 is 1.85. The Morgan fingerprint density at radius 2 is 2.11 bits per heavy atom. The fourth-order valence-corrected chi connectivity index (χ4v) is 2.09. The number of hydrogen-bond acceptors (Lipinski definition) is 3. The van der Waals surface area contributed by atoms with Crippen LogP contribution in [0, 0.1) is 0 Å². The summed E-state index contributed by atoms with van der Waals surface area (Å²) in [6.45, 7) is 0.420. The predicted molar refractivity (Wildman–Crippen MR) is 71.3 cm³/mol. The van der Waals surface area contributed by atoms with Gasteiger partial charge in [-0.2, -0.15) is 0 Å². The number of benzene rings is 1. The second-order valence-corrected chi connectivity index (χ2v) is 4.36. The zero-order chi connectivity index (χ0) is 12.5. The molecule has 0 aliphatic heterocycles. The van der Waals surface area contributed by atoms with Crippen molar-refractivity contribution in [2.45, 2.75) is 6.54 Å². The molecule has 2 aromatic heterocycles. The first-order chi connectivity index (χ1) is 8.78. The monoisotopic (exact) mass is 258 g/mol. The van der Waals surface area contributed by atoms with Gasteiger partial charge in [-0.25, -0.2) is 9.97 Å². The van der Waals surface area contributed by atoms with Crippen LogP contribution in [0.4, 0.5) is 0 Å². The molecule has 0 bridgehead atoms. The Kier molecular flexibility index (Phi) is 2.74. The largest absolute Gasteiger partial charge is 0.325 e. The summed E-state index contributed by atoms with van der Waals surface area (Å²) in [6, 6.07) is 9.52. The molecule has 2 heterocycles. The van der Waals surface area contributed by atoms with Crippen LogP contribution in [0.15, 0.2) is 42.9 Å². The molecule has 0 spiro atoms. The van der Waals surface area contributed by atoms with Gasteiger partial charge >= 0.3 is 0 Å². The molecule has 0 aliphatic rings. The van der Waals surface area contributed by atoms with Crippen LogP contribution < -0.4 is 5.73 Å². The number of rotatable bonds is 2. The SMILES string of the molecule is NCc1cn2cnc(-c3ccccc3Cl)cc2n1. The van der Waals surface area contributed by atoms with Crippen LogP contribution in [0.3, 0.4) is 0 Å². The fraction of sp³-hybridized carbons (Fsp3) is 0.0769. The second-order valence-electron chi connectivity index (χ2n) is 3.96. The third-order valence-electron chi connectivity index (χ3n) is 2.76. The van der Waals surface area contributed by atoms with E-state index in [1.165, 1.54) is 0 Å². The van der Waals surface area contributed by atoms with Crippen LogP contribution in [0.25, 0.3) is 16.9 Å². The third-order valence-corrected chi connectivity index (χ3v) is 3.09. The lowest BCUT2D eigenvalue weighted by atomic mass is 10.1. The molecule has 0 saturated heterocycles. The van der Waals surface area contributed by atoms with Crippen LogP contribution in [-0.4, -0.2) is 14.4 Å². The summed E-state index contributed by atoms with van der Waals surface area (Å²) in [7, 11) is 0. The first kappa shape index (κ1) is 11.2. The first-order valence-electron chi connectivity index (χ1n) is 5.56. The quantitative estimate of drug-likeness (QED) is 0.768. The van der Waals surface area contributed by atoms with E-state index in [0.717, 1.165) is 22.6 Å². The molecule has 18 heavy (non-hydrogen) atoms. The maximum absolute atomic E-state index is 6.16. The van der Waals surface area contributed by atoms with Crippen molar-refractivity contribution in [2.24, 2.45) is 5.73 Å². The van der Waals surface area contributed by atoms with Crippen molar-refractivity contribution in [2.75, 3.05) is 0 Å². The number of fused-ring (bicyclic) bond motifs is 1. The van der Waals surface area contributed by atoms with Gasteiger partial charge in [0.05, 0.1) is 11.4 Å². The van der Waals surface area contributed by atoms with Crippen LogP contribution in [0.5, 0.6) is 0 Å². The molecular formula is C13H11ClN4. The Morgan fingerprint density at radius 1 is 1.28 bits per heavy atom. The lowest BCUT2D eigenvalue weighted by Gasteiger charge is -2.03. The molecule has 0 amide bonds. The number of nitrogens with two attached hydrogens (primary N) is 1. The third kappa shape index (κ3) is 1.85. The summed E-state index contributed by atoms with van der Waals surface area (Å²) in [5.74, 6) is 0. The van der Waals surface area contributed by atoms with Crippen LogP contribution >= 0.6 is 11.6 Å². The average molecular weight is 259 g/mol. The van der Waals surface area contributed by atoms with Gasteiger partial charge in [0.2, 0.25) is 0 Å². The first-order valence-corrected chi connectivity index (χ1v) is 5.94. The number of imidazole rings is 1. The Morgan fingerprint density at radius 3 is 2.89 bits per heavy atom. The summed E-state index contributed by atoms with van der Waals surface area (Å²) in [4.78, 5) is 8.79. The Bertz CT molecular complexity index is 705. The number of aromatic nitrogens is 3. The zero-order valence-corrected chi connectivity index (χ0v) is 10.3. The second kappa shape index (κ2) is 4.40. The molecule has 3 rings (SSSR count). The highest BCUT2D eigenvalue weighted by molar-refractivity contribution is 6.33. The molecule has 0 atom stereocenters. The smallest absolute Gasteiger partial charge is 0.140 e. The molecular weight excluding hydrogens is 248 g/mol. The Labute approximate surface area is 109 Å². The molecule has 3 aromatic rings. The highest BCUT2D eigenvalue weighted by Gasteiger charge is 2.06. The maximum atomic E-state index is 6.16. The van der Waals surface area contributed by atoms with Crippen molar-refractivity contribution < 1.29 is 0 Å². The topological polar surface area (TPSA) is 56.2 Å². The van der Waals surface area contributed by atoms with Crippen molar-refractivity contribution in [1.82, 2.24) is 14.4 Å². The van der Waals surface area contributed by atoms with Gasteiger partial charge < -0.3 is 5.73 Å². The van der Waals surface area contributed by atoms with E-state index < -0.39 is 0 Å². The van der Waals surface area contributed by atoms with Crippen molar-refractivity contribution in [3.63, 3.8) is 0 Å². The van der Waals surface area contributed by atoms with Crippen molar-refractivity contribution in [1.29, 1.82) is 0 Å². The molecule has 0 radical (unpaired) electrons. The highest BCUT2D eigenvalue weighted by atomic mass is 35.5. The molecule has 4 nitrogen and oxygen atoms in total. The zero-order valence-electron chi connectivity index (χ0n) is 9.55. The highest BCUT2D eigenvalue weighted by Crippen LogP contribution is 2.26. The summed E-state index contributed by atoms with van der Waals surface area (Å²) in [6.07, 6.45) is 3.60. The number of hydrogen-bond donors (Lipinski definition) is 1. The van der Waals surface area contributed by atoms with Gasteiger partial charge in [-0.1, -0.05) is 29.8 Å². The molecule has 90 valence electrons. The van der Waals surface area contributed by atoms with Gasteiger partial charge in [0.1, 0.15) is 12.0 Å². The summed E-state index contributed by atoms with van der Waals surface area (Å²) in [5.41, 5.74) is 8.94. The number of halogens is 1. The van der Waals surface area contributed by atoms with E-state index in [0.29, 0.717) is 11.6 Å². The summed E-state index contributed by atoms with van der Waals surface area (Å²) >= 11 is 6.16. The molecule has 5 heteroatoms. The molecule has 0 aliphatic carbocycles. The standard InChI is InChI=1S/C13H11ClN4/c14-11-4-2-1-3-10(11)12-5-13-17-9(6-15)7-18(13)8-16-12/h1-5,7-8H,6,15H2. The van der Waals surface area contributed by atoms with E-state index in [1.807, 2.05) is 40.9 Å². The van der Waals surface area contributed by atoms with Gasteiger partial charge in [-0.05, 0) is 6.07 Å². The molecule has 0 fully saturated rings. The molecule has 1 aromatic carbocycles. The van der Waals surface area contributed by atoms with E-state index in [-0.39, 0.29) is 0 Å². The maximum Gasteiger partial charge on any atom is 0.140 e. The Balaban J connectivity index is 2.16. The van der Waals surface area contributed by atoms with Gasteiger partial charge in [-0.15, -0.1) is 0 Å². The van der Waals surface area contributed by atoms with Crippen LogP contribution in [0.2, 0.25) is 5.02 Å². The van der Waals surface area contributed by atoms with Crippen LogP contribution in [0.1, 0.15) is 5.69 Å². The minimum Gasteiger partial charge on any atom is -0.325 e. The normalized spacial score (nSPS) is 11.0. The van der Waals surface area contributed by atoms with E-state index in [9.17, 15) is 0 Å². The molecule has 2 N–H and O–H groups in total. The van der Waals surface area contributed by atoms with Gasteiger partial charge in [0.25, 0.3) is 0 Å². The van der Waals surface area contributed by atoms with Crippen molar-refractivity contribution in [3.05, 3.63) is 53.6 Å². The van der Waals surface area contributed by atoms with Gasteiger partial charge in [-0.3, -0.25) is 4.40 Å². The minimum atomic E-state index is 0.420. The van der Waals surface area contributed by atoms with Gasteiger partial charge in [0.15, 0.2) is 0 Å². The van der Waals surface area contributed by atoms with E-state index in [1.54, 1.807) is 6.33 Å². The lowest BCUT2D eigenvalue weighted by Crippen LogP contribution is -1.95. The van der Waals surface area contributed by atoms with Crippen LogP contribution in [-0.2, 0) is 6.54 Å². The lowest BCUT2D eigenvalue weighted by molar-refractivity contribution is 1.01. The van der Waals surface area contributed by atoms with E-state index in [4.69, 9.17) is 17.3 Å². The predicted octanol–water partition coefficient (Wildman–Crippen LogP) is 2.51. The van der Waals surface area contributed by atoms with Crippen molar-refractivity contribution in [3.8, 4) is 11.3 Å². The average Bonchev–Trinajstić information content (AvgIpc) is 2.81. The summed E-state index contributed by atoms with van der Waals surface area (Å²) in [5, 5.41) is 0.681. The fourth-order valence-electron chi connectivity index (χ4n) is 1.86. The van der Waals surface area contributed by atoms with Crippen molar-refractivity contribution >= 4 is 17.2 Å². The molecule has 0 unspecified atom stereocenters. The Hall–Kier alpha value is -1.91. The van der Waals surface area contributed by atoms with Gasteiger partial charge in [0, 0.05) is 29.4 Å². The minimum absolute atomic E-state index is 0.420. The molecule has 0 saturated carbocycles. The number of nitrogens with zero attached hydrogens (tertiary/aromatic N) is 3.